The topological polar surface area (TPSA) is 115 Å². The molecule has 4 atom stereocenters. The standard InChI is InChI=1S/C21H23ClFN5O4/c1-9-7-32-19-11(5-13(23)17-18(19)28(9)20(26-17)10(2)29)16-12(22)6-24-21(27-16)25-14-3-4-31-8-15(14)30/h5-6,9-10,14-15,29-30H,3-4,7-8H2,1-2H3,(H,24,25,27)/t9-,10-,14-,15-/m1/s1. The molecule has 2 aliphatic rings. The number of rotatable bonds is 4. The zero-order chi connectivity index (χ0) is 22.6. The number of aliphatic hydroxyl groups excluding tert-OH is 2. The molecule has 170 valence electrons. The van der Waals surface area contributed by atoms with E-state index in [0.29, 0.717) is 48.0 Å². The summed E-state index contributed by atoms with van der Waals surface area (Å²) in [7, 11) is 0. The summed E-state index contributed by atoms with van der Waals surface area (Å²) >= 11 is 6.41. The minimum absolute atomic E-state index is 0.125. The number of hydrogen-bond acceptors (Lipinski definition) is 8. The van der Waals surface area contributed by atoms with Crippen LogP contribution in [0.4, 0.5) is 10.3 Å². The fourth-order valence-corrected chi connectivity index (χ4v) is 4.44. The Bertz CT molecular complexity index is 1190. The summed E-state index contributed by atoms with van der Waals surface area (Å²) in [5.74, 6) is 0.459. The molecule has 9 nitrogen and oxygen atoms in total. The van der Waals surface area contributed by atoms with E-state index in [1.165, 1.54) is 12.3 Å². The number of ether oxygens (including phenoxy) is 2. The van der Waals surface area contributed by atoms with Crippen LogP contribution in [0.15, 0.2) is 12.3 Å². The number of anilines is 1. The molecule has 2 aliphatic heterocycles. The summed E-state index contributed by atoms with van der Waals surface area (Å²) in [6.45, 7) is 4.57. The van der Waals surface area contributed by atoms with Crippen molar-refractivity contribution >= 4 is 28.6 Å². The predicted octanol–water partition coefficient (Wildman–Crippen LogP) is 2.85. The van der Waals surface area contributed by atoms with Gasteiger partial charge in [0.25, 0.3) is 0 Å². The molecule has 0 aliphatic carbocycles. The molecule has 1 fully saturated rings. The highest BCUT2D eigenvalue weighted by Crippen LogP contribution is 2.44. The van der Waals surface area contributed by atoms with E-state index in [2.05, 4.69) is 20.3 Å². The van der Waals surface area contributed by atoms with E-state index in [-0.39, 0.29) is 35.2 Å². The minimum atomic E-state index is -0.872. The molecule has 3 N–H and O–H groups in total. The molecule has 0 saturated carbocycles. The van der Waals surface area contributed by atoms with Gasteiger partial charge in [0.1, 0.15) is 29.6 Å². The summed E-state index contributed by atoms with van der Waals surface area (Å²) in [6.07, 6.45) is 0.454. The molecule has 3 aromatic rings. The molecule has 0 amide bonds. The van der Waals surface area contributed by atoms with Crippen LogP contribution < -0.4 is 10.1 Å². The van der Waals surface area contributed by atoms with Crippen LogP contribution in [-0.2, 0) is 4.74 Å². The van der Waals surface area contributed by atoms with Gasteiger partial charge in [-0.3, -0.25) is 0 Å². The molecule has 0 unspecified atom stereocenters. The van der Waals surface area contributed by atoms with Crippen molar-refractivity contribution < 1.29 is 24.1 Å². The van der Waals surface area contributed by atoms with Crippen LogP contribution in [0.25, 0.3) is 22.3 Å². The number of hydrogen-bond donors (Lipinski definition) is 3. The summed E-state index contributed by atoms with van der Waals surface area (Å²) in [4.78, 5) is 13.1. The van der Waals surface area contributed by atoms with E-state index < -0.39 is 18.0 Å². The second-order valence-corrected chi connectivity index (χ2v) is 8.59. The maximum Gasteiger partial charge on any atom is 0.223 e. The van der Waals surface area contributed by atoms with E-state index >= 15 is 4.39 Å². The van der Waals surface area contributed by atoms with E-state index in [0.717, 1.165) is 0 Å². The van der Waals surface area contributed by atoms with Crippen LogP contribution in [0.3, 0.4) is 0 Å². The molecule has 32 heavy (non-hydrogen) atoms. The van der Waals surface area contributed by atoms with Crippen molar-refractivity contribution in [1.82, 2.24) is 19.5 Å². The lowest BCUT2D eigenvalue weighted by Crippen LogP contribution is -2.42. The van der Waals surface area contributed by atoms with Crippen molar-refractivity contribution in [2.45, 2.75) is 44.6 Å². The first-order valence-corrected chi connectivity index (χ1v) is 10.8. The number of benzene rings is 1. The van der Waals surface area contributed by atoms with Gasteiger partial charge in [0.15, 0.2) is 11.6 Å². The number of aromatic nitrogens is 4. The van der Waals surface area contributed by atoms with Crippen molar-refractivity contribution in [3.8, 4) is 17.0 Å². The van der Waals surface area contributed by atoms with E-state index in [1.807, 2.05) is 6.92 Å². The third kappa shape index (κ3) is 3.47. The van der Waals surface area contributed by atoms with E-state index in [1.54, 1.807) is 11.5 Å². The van der Waals surface area contributed by atoms with Crippen molar-refractivity contribution in [1.29, 1.82) is 0 Å². The van der Waals surface area contributed by atoms with Gasteiger partial charge in [-0.05, 0) is 26.3 Å². The Morgan fingerprint density at radius 3 is 2.91 bits per heavy atom. The second-order valence-electron chi connectivity index (χ2n) is 8.18. The van der Waals surface area contributed by atoms with Crippen LogP contribution >= 0.6 is 11.6 Å². The quantitative estimate of drug-likeness (QED) is 0.541. The third-order valence-corrected chi connectivity index (χ3v) is 6.10. The van der Waals surface area contributed by atoms with Gasteiger partial charge in [-0.25, -0.2) is 19.3 Å². The smallest absolute Gasteiger partial charge is 0.223 e. The lowest BCUT2D eigenvalue weighted by molar-refractivity contribution is -0.0136. The molecule has 0 spiro atoms. The Kier molecular flexibility index (Phi) is 5.40. The maximum absolute atomic E-state index is 15.2. The maximum atomic E-state index is 15.2. The monoisotopic (exact) mass is 463 g/mol. The highest BCUT2D eigenvalue weighted by atomic mass is 35.5. The van der Waals surface area contributed by atoms with E-state index in [4.69, 9.17) is 21.1 Å². The van der Waals surface area contributed by atoms with Crippen LogP contribution in [0.2, 0.25) is 5.02 Å². The second kappa shape index (κ2) is 8.11. The molecular formula is C21H23ClFN5O4. The Morgan fingerprint density at radius 1 is 1.34 bits per heavy atom. The lowest BCUT2D eigenvalue weighted by atomic mass is 10.1. The first kappa shape index (κ1) is 21.3. The first-order valence-electron chi connectivity index (χ1n) is 10.5. The third-order valence-electron chi connectivity index (χ3n) is 5.82. The van der Waals surface area contributed by atoms with Gasteiger partial charge < -0.3 is 29.6 Å². The van der Waals surface area contributed by atoms with Crippen LogP contribution in [0.5, 0.6) is 5.75 Å². The van der Waals surface area contributed by atoms with E-state index in [9.17, 15) is 10.2 Å². The average molecular weight is 464 g/mol. The molecular weight excluding hydrogens is 441 g/mol. The van der Waals surface area contributed by atoms with Crippen molar-refractivity contribution in [3.63, 3.8) is 0 Å². The lowest BCUT2D eigenvalue weighted by Gasteiger charge is -2.28. The largest absolute Gasteiger partial charge is 0.488 e. The zero-order valence-electron chi connectivity index (χ0n) is 17.5. The van der Waals surface area contributed by atoms with Crippen molar-refractivity contribution in [2.75, 3.05) is 25.1 Å². The SMILES string of the molecule is C[C@@H]1COc2c(-c3nc(N[C@@H]4CCOC[C@H]4O)ncc3Cl)cc(F)c3nc([C@@H](C)O)n1c23. The van der Waals surface area contributed by atoms with Crippen molar-refractivity contribution in [3.05, 3.63) is 28.9 Å². The molecule has 1 aromatic carbocycles. The van der Waals surface area contributed by atoms with Crippen LogP contribution in [0, 0.1) is 5.82 Å². The van der Waals surface area contributed by atoms with Gasteiger partial charge in [-0.2, -0.15) is 0 Å². The highest BCUT2D eigenvalue weighted by molar-refractivity contribution is 6.33. The number of halogens is 2. The minimum Gasteiger partial charge on any atom is -0.488 e. The van der Waals surface area contributed by atoms with Gasteiger partial charge in [-0.15, -0.1) is 0 Å². The van der Waals surface area contributed by atoms with Gasteiger partial charge in [0.2, 0.25) is 5.95 Å². The Labute approximate surface area is 188 Å². The zero-order valence-corrected chi connectivity index (χ0v) is 18.3. The van der Waals surface area contributed by atoms with Gasteiger partial charge in [-0.1, -0.05) is 11.6 Å². The summed E-state index contributed by atoms with van der Waals surface area (Å²) in [5, 5.41) is 23.7. The number of imidazole rings is 1. The van der Waals surface area contributed by atoms with Gasteiger partial charge >= 0.3 is 0 Å². The molecule has 5 rings (SSSR count). The fourth-order valence-electron chi connectivity index (χ4n) is 4.25. The number of nitrogens with zero attached hydrogens (tertiary/aromatic N) is 4. The van der Waals surface area contributed by atoms with Crippen LogP contribution in [-0.4, -0.2) is 61.7 Å². The van der Waals surface area contributed by atoms with Gasteiger partial charge in [0.05, 0.1) is 41.7 Å². The summed E-state index contributed by atoms with van der Waals surface area (Å²) in [5.41, 5.74) is 1.24. The first-order chi connectivity index (χ1) is 15.3. The van der Waals surface area contributed by atoms with Gasteiger partial charge in [0, 0.05) is 12.2 Å². The highest BCUT2D eigenvalue weighted by Gasteiger charge is 2.31. The normalized spacial score (nSPS) is 23.8. The van der Waals surface area contributed by atoms with Crippen molar-refractivity contribution in [2.24, 2.45) is 0 Å². The summed E-state index contributed by atoms with van der Waals surface area (Å²) < 4.78 is 28.2. The Balaban J connectivity index is 1.64. The molecule has 0 bridgehead atoms. The molecule has 2 aromatic heterocycles. The Morgan fingerprint density at radius 2 is 2.16 bits per heavy atom. The summed E-state index contributed by atoms with van der Waals surface area (Å²) in [6, 6.07) is 0.875. The fraction of sp³-hybridized carbons (Fsp3) is 0.476. The molecule has 1 saturated heterocycles. The van der Waals surface area contributed by atoms with Crippen LogP contribution in [0.1, 0.15) is 38.2 Å². The molecule has 11 heteroatoms. The molecule has 0 radical (unpaired) electrons. The average Bonchev–Trinajstić information content (AvgIpc) is 3.18. The Hall–Kier alpha value is -2.53. The number of nitrogens with one attached hydrogen (secondary N) is 1. The molecule has 4 heterocycles. The predicted molar refractivity (Wildman–Crippen MR) is 115 cm³/mol. The number of aliphatic hydroxyl groups is 2.